The molecule has 0 aromatic heterocycles. The van der Waals surface area contributed by atoms with Gasteiger partial charge in [-0.05, 0) is 25.7 Å². The minimum absolute atomic E-state index is 0.0844. The molecule has 4 heteroatoms. The maximum atomic E-state index is 10.7. The van der Waals surface area contributed by atoms with Gasteiger partial charge in [-0.1, -0.05) is 25.7 Å². The van der Waals surface area contributed by atoms with E-state index in [1.165, 1.54) is 12.8 Å². The predicted octanol–water partition coefficient (Wildman–Crippen LogP) is 2.64. The third-order valence-corrected chi connectivity index (χ3v) is 5.02. The van der Waals surface area contributed by atoms with Gasteiger partial charge in [0.15, 0.2) is 0 Å². The molecule has 2 rings (SSSR count). The Balaban J connectivity index is 2.13. The Labute approximate surface area is 102 Å². The average Bonchev–Trinajstić information content (AvgIpc) is 2.26. The van der Waals surface area contributed by atoms with Gasteiger partial charge in [0, 0.05) is 4.75 Å². The molecule has 2 saturated carbocycles. The molecule has 0 heterocycles. The van der Waals surface area contributed by atoms with Gasteiger partial charge in [-0.2, -0.15) is 12.6 Å². The molecule has 3 nitrogen and oxygen atoms in total. The van der Waals surface area contributed by atoms with Crippen molar-refractivity contribution in [2.45, 2.75) is 61.7 Å². The molecular weight excluding hydrogens is 224 g/mol. The third kappa shape index (κ3) is 2.09. The SMILES string of the molecule is O=C(O)COC12CCCCC1(S)CCCC2. The molecule has 0 bridgehead atoms. The third-order valence-electron chi connectivity index (χ3n) is 4.16. The summed E-state index contributed by atoms with van der Waals surface area (Å²) in [5, 5.41) is 8.77. The lowest BCUT2D eigenvalue weighted by molar-refractivity contribution is -0.159. The summed E-state index contributed by atoms with van der Waals surface area (Å²) < 4.78 is 5.68. The number of carboxylic acid groups (broad SMARTS) is 1. The van der Waals surface area contributed by atoms with Crippen LogP contribution in [0.15, 0.2) is 0 Å². The van der Waals surface area contributed by atoms with E-state index in [2.05, 4.69) is 0 Å². The number of carbonyl (C=O) groups is 1. The van der Waals surface area contributed by atoms with E-state index in [1.54, 1.807) is 0 Å². The van der Waals surface area contributed by atoms with Crippen LogP contribution in [0.25, 0.3) is 0 Å². The van der Waals surface area contributed by atoms with E-state index in [-0.39, 0.29) is 17.0 Å². The normalized spacial score (nSPS) is 39.1. The minimum Gasteiger partial charge on any atom is -0.480 e. The van der Waals surface area contributed by atoms with Gasteiger partial charge in [0.05, 0.1) is 5.60 Å². The van der Waals surface area contributed by atoms with Crippen molar-refractivity contribution in [3.8, 4) is 0 Å². The van der Waals surface area contributed by atoms with Crippen molar-refractivity contribution in [3.63, 3.8) is 0 Å². The molecule has 0 aromatic carbocycles. The molecule has 0 saturated heterocycles. The Kier molecular flexibility index (Phi) is 3.50. The van der Waals surface area contributed by atoms with Crippen LogP contribution in [0.1, 0.15) is 51.4 Å². The Hall–Kier alpha value is -0.220. The Morgan fingerprint density at radius 3 is 2.12 bits per heavy atom. The van der Waals surface area contributed by atoms with Crippen molar-refractivity contribution in [2.75, 3.05) is 6.61 Å². The van der Waals surface area contributed by atoms with Crippen molar-refractivity contribution in [1.82, 2.24) is 0 Å². The molecule has 1 N–H and O–H groups in total. The summed E-state index contributed by atoms with van der Waals surface area (Å²) in [7, 11) is 0. The van der Waals surface area contributed by atoms with Crippen molar-refractivity contribution >= 4 is 18.6 Å². The van der Waals surface area contributed by atoms with Gasteiger partial charge >= 0.3 is 5.97 Å². The quantitative estimate of drug-likeness (QED) is 0.750. The summed E-state index contributed by atoms with van der Waals surface area (Å²) in [6.45, 7) is -0.178. The second-order valence-corrected chi connectivity index (χ2v) is 5.98. The van der Waals surface area contributed by atoms with E-state index >= 15 is 0 Å². The first-order valence-electron chi connectivity index (χ1n) is 6.16. The van der Waals surface area contributed by atoms with Crippen LogP contribution < -0.4 is 0 Å². The molecule has 2 fully saturated rings. The summed E-state index contributed by atoms with van der Waals surface area (Å²) in [4.78, 5) is 10.7. The molecule has 0 radical (unpaired) electrons. The molecular formula is C12H20O3S. The Bertz CT molecular complexity index is 265. The maximum absolute atomic E-state index is 10.7. The van der Waals surface area contributed by atoms with E-state index in [4.69, 9.17) is 22.5 Å². The van der Waals surface area contributed by atoms with E-state index in [9.17, 15) is 4.79 Å². The van der Waals surface area contributed by atoms with Crippen LogP contribution in [-0.2, 0) is 9.53 Å². The first-order chi connectivity index (χ1) is 7.58. The fourth-order valence-electron chi connectivity index (χ4n) is 3.31. The molecule has 16 heavy (non-hydrogen) atoms. The van der Waals surface area contributed by atoms with Crippen molar-refractivity contribution in [3.05, 3.63) is 0 Å². The molecule has 92 valence electrons. The number of fused-ring (bicyclic) bond motifs is 1. The van der Waals surface area contributed by atoms with Gasteiger partial charge in [-0.15, -0.1) is 0 Å². The smallest absolute Gasteiger partial charge is 0.329 e. The lowest BCUT2D eigenvalue weighted by Gasteiger charge is -2.53. The largest absolute Gasteiger partial charge is 0.480 e. The van der Waals surface area contributed by atoms with Crippen LogP contribution in [-0.4, -0.2) is 28.0 Å². The van der Waals surface area contributed by atoms with Gasteiger partial charge in [-0.3, -0.25) is 0 Å². The number of ether oxygens (including phenoxy) is 1. The summed E-state index contributed by atoms with van der Waals surface area (Å²) in [6.07, 6.45) is 8.76. The molecule has 0 unspecified atom stereocenters. The number of hydrogen-bond donors (Lipinski definition) is 2. The summed E-state index contributed by atoms with van der Waals surface area (Å²) in [6, 6.07) is 0. The van der Waals surface area contributed by atoms with Crippen LogP contribution in [0.2, 0.25) is 0 Å². The molecule has 0 amide bonds. The molecule has 0 atom stereocenters. The summed E-state index contributed by atoms with van der Waals surface area (Å²) >= 11 is 4.85. The predicted molar refractivity (Wildman–Crippen MR) is 65.0 cm³/mol. The zero-order valence-corrected chi connectivity index (χ0v) is 10.5. The van der Waals surface area contributed by atoms with Gasteiger partial charge in [0.1, 0.15) is 6.61 Å². The fraction of sp³-hybridized carbons (Fsp3) is 0.917. The van der Waals surface area contributed by atoms with E-state index in [0.29, 0.717) is 0 Å². The van der Waals surface area contributed by atoms with Crippen molar-refractivity contribution in [2.24, 2.45) is 0 Å². The van der Waals surface area contributed by atoms with Gasteiger partial charge in [-0.25, -0.2) is 4.79 Å². The monoisotopic (exact) mass is 244 g/mol. The van der Waals surface area contributed by atoms with Crippen LogP contribution in [0.5, 0.6) is 0 Å². The van der Waals surface area contributed by atoms with Crippen LogP contribution in [0.4, 0.5) is 0 Å². The zero-order chi connectivity index (χ0) is 11.6. The highest BCUT2D eigenvalue weighted by atomic mass is 32.1. The molecule has 2 aliphatic rings. The number of aliphatic carboxylic acids is 1. The zero-order valence-electron chi connectivity index (χ0n) is 9.57. The number of rotatable bonds is 3. The minimum atomic E-state index is -0.874. The highest BCUT2D eigenvalue weighted by Crippen LogP contribution is 2.52. The second-order valence-electron chi connectivity index (χ2n) is 5.12. The first kappa shape index (κ1) is 12.2. The van der Waals surface area contributed by atoms with Crippen LogP contribution in [0.3, 0.4) is 0 Å². The second kappa shape index (κ2) is 4.57. The molecule has 0 aliphatic heterocycles. The lowest BCUT2D eigenvalue weighted by Crippen LogP contribution is -2.56. The number of carboxylic acids is 1. The Morgan fingerprint density at radius 2 is 1.62 bits per heavy atom. The van der Waals surface area contributed by atoms with Crippen LogP contribution in [0, 0.1) is 0 Å². The van der Waals surface area contributed by atoms with Crippen molar-refractivity contribution < 1.29 is 14.6 Å². The van der Waals surface area contributed by atoms with Gasteiger partial charge in [0.25, 0.3) is 0 Å². The van der Waals surface area contributed by atoms with Crippen molar-refractivity contribution in [1.29, 1.82) is 0 Å². The summed E-state index contributed by atoms with van der Waals surface area (Å²) in [5.74, 6) is -0.874. The van der Waals surface area contributed by atoms with E-state index in [1.807, 2.05) is 0 Å². The number of thiol groups is 1. The lowest BCUT2D eigenvalue weighted by atomic mass is 9.66. The molecule has 2 aliphatic carbocycles. The Morgan fingerprint density at radius 1 is 1.12 bits per heavy atom. The highest BCUT2D eigenvalue weighted by molar-refractivity contribution is 7.82. The number of hydrogen-bond acceptors (Lipinski definition) is 3. The fourth-order valence-corrected chi connectivity index (χ4v) is 3.91. The molecule has 0 aromatic rings. The summed E-state index contributed by atoms with van der Waals surface area (Å²) in [5.41, 5.74) is -0.273. The van der Waals surface area contributed by atoms with Crippen LogP contribution >= 0.6 is 12.6 Å². The topological polar surface area (TPSA) is 46.5 Å². The van der Waals surface area contributed by atoms with Gasteiger partial charge < -0.3 is 9.84 Å². The molecule has 0 spiro atoms. The maximum Gasteiger partial charge on any atom is 0.329 e. The van der Waals surface area contributed by atoms with E-state index in [0.717, 1.165) is 38.5 Å². The average molecular weight is 244 g/mol. The first-order valence-corrected chi connectivity index (χ1v) is 6.61. The van der Waals surface area contributed by atoms with Gasteiger partial charge in [0.2, 0.25) is 0 Å². The standard InChI is InChI=1S/C12H20O3S/c13-10(14)9-15-11-5-1-3-7-12(11,16)8-4-2-6-11/h16H,1-9H2,(H,13,14). The van der Waals surface area contributed by atoms with E-state index < -0.39 is 5.97 Å². The highest BCUT2D eigenvalue weighted by Gasteiger charge is 2.52.